The summed E-state index contributed by atoms with van der Waals surface area (Å²) in [6.07, 6.45) is 3.67. The van der Waals surface area contributed by atoms with Crippen LogP contribution in [0.4, 0.5) is 0 Å². The number of hydroxylamine groups is 2. The van der Waals surface area contributed by atoms with Crippen molar-refractivity contribution in [1.82, 2.24) is 5.06 Å². The van der Waals surface area contributed by atoms with Crippen molar-refractivity contribution in [2.45, 2.75) is 46.0 Å². The van der Waals surface area contributed by atoms with E-state index in [1.807, 2.05) is 13.8 Å². The van der Waals surface area contributed by atoms with Gasteiger partial charge in [-0.05, 0) is 31.6 Å². The van der Waals surface area contributed by atoms with Crippen LogP contribution >= 0.6 is 7.37 Å². The van der Waals surface area contributed by atoms with E-state index in [-0.39, 0.29) is 67.6 Å². The molecule has 0 saturated carbocycles. The molecular formula is C14H27NNaO6P. The fourth-order valence-electron chi connectivity index (χ4n) is 1.71. The Balaban J connectivity index is 0. The van der Waals surface area contributed by atoms with Crippen LogP contribution in [-0.4, -0.2) is 49.5 Å². The quantitative estimate of drug-likeness (QED) is 0.0941. The number of unbranched alkanes of at least 4 members (excludes halogenated alkanes) is 1. The molecule has 0 fully saturated rings. The maximum absolute atomic E-state index is 11.7. The predicted octanol–water partition coefficient (Wildman–Crippen LogP) is -1.45. The van der Waals surface area contributed by atoms with Gasteiger partial charge in [0.25, 0.3) is 0 Å². The van der Waals surface area contributed by atoms with Crippen LogP contribution in [0.15, 0.2) is 0 Å². The Morgan fingerprint density at radius 3 is 2.39 bits per heavy atom. The summed E-state index contributed by atoms with van der Waals surface area (Å²) >= 11 is 0. The van der Waals surface area contributed by atoms with Crippen molar-refractivity contribution in [1.29, 1.82) is 0 Å². The van der Waals surface area contributed by atoms with Crippen LogP contribution in [0.5, 0.6) is 0 Å². The predicted molar refractivity (Wildman–Crippen MR) is 81.5 cm³/mol. The van der Waals surface area contributed by atoms with E-state index in [9.17, 15) is 19.0 Å². The van der Waals surface area contributed by atoms with Gasteiger partial charge in [-0.2, -0.15) is 0 Å². The average Bonchev–Trinajstić information content (AvgIpc) is 2.48. The first-order chi connectivity index (χ1) is 10.4. The summed E-state index contributed by atoms with van der Waals surface area (Å²) < 4.78 is 16.6. The molecule has 0 aromatic heterocycles. The van der Waals surface area contributed by atoms with Gasteiger partial charge >= 0.3 is 35.5 Å². The van der Waals surface area contributed by atoms with E-state index in [4.69, 9.17) is 9.57 Å². The van der Waals surface area contributed by atoms with E-state index in [1.165, 1.54) is 0 Å². The number of rotatable bonds is 14. The first-order valence-electron chi connectivity index (χ1n) is 7.74. The van der Waals surface area contributed by atoms with Crippen LogP contribution < -0.4 is 34.5 Å². The fourth-order valence-corrected chi connectivity index (χ4v) is 3.36. The Labute approximate surface area is 160 Å². The minimum Gasteiger partial charge on any atom is -0.799 e. The van der Waals surface area contributed by atoms with Crippen molar-refractivity contribution in [2.75, 3.05) is 32.1 Å². The first-order valence-corrected chi connectivity index (χ1v) is 9.74. The molecule has 0 aliphatic carbocycles. The number of carbonyl (C=O) groups is 2. The van der Waals surface area contributed by atoms with Crippen LogP contribution in [0, 0.1) is 0 Å². The summed E-state index contributed by atoms with van der Waals surface area (Å²) in [5.41, 5.74) is 0. The molecule has 0 aromatic carbocycles. The number of amides is 1. The van der Waals surface area contributed by atoms with E-state index in [1.54, 1.807) is 0 Å². The molecule has 0 heterocycles. The molecule has 0 radical (unpaired) electrons. The van der Waals surface area contributed by atoms with Gasteiger partial charge in [0.15, 0.2) is 0 Å². The third kappa shape index (κ3) is 15.4. The summed E-state index contributed by atoms with van der Waals surface area (Å²) in [4.78, 5) is 38.7. The largest absolute Gasteiger partial charge is 1.00 e. The zero-order chi connectivity index (χ0) is 16.8. The third-order valence-electron chi connectivity index (χ3n) is 2.90. The van der Waals surface area contributed by atoms with Crippen LogP contribution in [0.25, 0.3) is 0 Å². The minimum atomic E-state index is -3.35. The van der Waals surface area contributed by atoms with E-state index in [0.717, 1.165) is 11.5 Å². The smallest absolute Gasteiger partial charge is 0.799 e. The maximum atomic E-state index is 11.7. The Kier molecular flexibility index (Phi) is 17.2. The van der Waals surface area contributed by atoms with Gasteiger partial charge in [-0.15, -0.1) is 0 Å². The molecule has 1 amide bonds. The summed E-state index contributed by atoms with van der Waals surface area (Å²) in [7, 11) is -3.35. The SMILES string of the molecule is CCCCP(=O)([O-])CCCN(C=O)OCCOC(=O)CCC.[Na+]. The second kappa shape index (κ2) is 15.6. The maximum Gasteiger partial charge on any atom is 1.00 e. The molecule has 0 aromatic rings. The van der Waals surface area contributed by atoms with Crippen molar-refractivity contribution in [3.8, 4) is 0 Å². The summed E-state index contributed by atoms with van der Waals surface area (Å²) in [5.74, 6) is -0.299. The van der Waals surface area contributed by atoms with E-state index < -0.39 is 7.37 Å². The van der Waals surface area contributed by atoms with Gasteiger partial charge in [0.1, 0.15) is 13.2 Å². The topological polar surface area (TPSA) is 96.0 Å². The molecule has 1 unspecified atom stereocenters. The monoisotopic (exact) mass is 359 g/mol. The van der Waals surface area contributed by atoms with Gasteiger partial charge in [0.2, 0.25) is 6.41 Å². The normalized spacial score (nSPS) is 12.8. The van der Waals surface area contributed by atoms with Gasteiger partial charge in [0, 0.05) is 20.3 Å². The fraction of sp³-hybridized carbons (Fsp3) is 0.857. The molecule has 1 atom stereocenters. The number of ether oxygens (including phenoxy) is 1. The van der Waals surface area contributed by atoms with Crippen LogP contribution in [-0.2, 0) is 23.7 Å². The molecular weight excluding hydrogens is 332 g/mol. The number of carbonyl (C=O) groups excluding carboxylic acids is 2. The standard InChI is InChI=1S/C14H28NO6P.Na/c1-3-5-11-22(18,19)12-6-8-15(13-16)21-10-9-20-14(17)7-4-2;/h13H,3-12H2,1-2H3,(H,18,19);/q;+1/p-1. The zero-order valence-electron chi connectivity index (χ0n) is 14.5. The number of hydrogen-bond acceptors (Lipinski definition) is 6. The van der Waals surface area contributed by atoms with Gasteiger partial charge in [0.05, 0.1) is 0 Å². The van der Waals surface area contributed by atoms with Crippen LogP contribution in [0.2, 0.25) is 0 Å². The Morgan fingerprint density at radius 2 is 1.83 bits per heavy atom. The molecule has 130 valence electrons. The van der Waals surface area contributed by atoms with Crippen LogP contribution in [0.1, 0.15) is 46.0 Å². The zero-order valence-corrected chi connectivity index (χ0v) is 17.4. The molecule has 23 heavy (non-hydrogen) atoms. The van der Waals surface area contributed by atoms with Crippen molar-refractivity contribution in [3.63, 3.8) is 0 Å². The van der Waals surface area contributed by atoms with Gasteiger partial charge in [-0.3, -0.25) is 14.4 Å². The van der Waals surface area contributed by atoms with Gasteiger partial charge < -0.3 is 14.2 Å². The second-order valence-corrected chi connectivity index (χ2v) is 7.54. The van der Waals surface area contributed by atoms with Crippen molar-refractivity contribution >= 4 is 19.7 Å². The summed E-state index contributed by atoms with van der Waals surface area (Å²) in [6, 6.07) is 0. The average molecular weight is 359 g/mol. The number of nitrogens with zero attached hydrogens (tertiary/aromatic N) is 1. The van der Waals surface area contributed by atoms with Gasteiger partial charge in [-0.1, -0.05) is 20.3 Å². The van der Waals surface area contributed by atoms with E-state index in [0.29, 0.717) is 32.1 Å². The molecule has 0 saturated heterocycles. The molecule has 0 bridgehead atoms. The Bertz CT molecular complexity index is 369. The number of hydrogen-bond donors (Lipinski definition) is 0. The third-order valence-corrected chi connectivity index (χ3v) is 4.90. The van der Waals surface area contributed by atoms with Crippen molar-refractivity contribution in [2.24, 2.45) is 0 Å². The summed E-state index contributed by atoms with van der Waals surface area (Å²) in [5, 5.41) is 1.04. The van der Waals surface area contributed by atoms with Crippen LogP contribution in [0.3, 0.4) is 0 Å². The molecule has 7 nitrogen and oxygen atoms in total. The van der Waals surface area contributed by atoms with Crippen molar-refractivity contribution < 1.29 is 58.2 Å². The molecule has 0 aliphatic rings. The van der Waals surface area contributed by atoms with Crippen molar-refractivity contribution in [3.05, 3.63) is 0 Å². The second-order valence-electron chi connectivity index (χ2n) is 5.02. The summed E-state index contributed by atoms with van der Waals surface area (Å²) in [6.45, 7) is 4.15. The molecule has 9 heteroatoms. The Hall–Kier alpha value is 0.0900. The molecule has 0 rings (SSSR count). The van der Waals surface area contributed by atoms with Gasteiger partial charge in [-0.25, -0.2) is 5.06 Å². The molecule has 0 N–H and O–H groups in total. The Morgan fingerprint density at radius 1 is 1.17 bits per heavy atom. The molecule has 0 aliphatic heterocycles. The van der Waals surface area contributed by atoms with E-state index in [2.05, 4.69) is 0 Å². The molecule has 0 spiro atoms. The first kappa shape index (κ1) is 25.3. The minimum absolute atomic E-state index is 0. The van der Waals surface area contributed by atoms with E-state index >= 15 is 0 Å². The number of esters is 1.